The Morgan fingerprint density at radius 2 is 2.11 bits per heavy atom. The third-order valence-electron chi connectivity index (χ3n) is 2.35. The Hall–Kier alpha value is -1.53. The molecule has 1 aromatic carbocycles. The Kier molecular flexibility index (Phi) is 3.58. The van der Waals surface area contributed by atoms with Crippen molar-refractivity contribution in [3.8, 4) is 0 Å². The number of imidazole rings is 1. The van der Waals surface area contributed by atoms with Crippen LogP contribution in [-0.4, -0.2) is 18.4 Å². The van der Waals surface area contributed by atoms with E-state index in [0.29, 0.717) is 23.0 Å². The molecule has 2 aromatic rings. The van der Waals surface area contributed by atoms with E-state index in [0.717, 1.165) is 0 Å². The molecule has 2 N–H and O–H groups in total. The average molecular weight is 286 g/mol. The van der Waals surface area contributed by atoms with Crippen LogP contribution < -0.4 is 4.72 Å². The maximum absolute atomic E-state index is 12.0. The van der Waals surface area contributed by atoms with E-state index >= 15 is 0 Å². The Morgan fingerprint density at radius 3 is 2.72 bits per heavy atom. The molecular weight excluding hydrogens is 274 g/mol. The van der Waals surface area contributed by atoms with Crippen LogP contribution in [0.2, 0.25) is 5.02 Å². The number of rotatable bonds is 4. The fraction of sp³-hybridized carbons (Fsp3) is 0.182. The first-order valence-corrected chi connectivity index (χ1v) is 7.20. The zero-order chi connectivity index (χ0) is 13.2. The number of anilines is 1. The van der Waals surface area contributed by atoms with Crippen molar-refractivity contribution < 1.29 is 8.42 Å². The normalized spacial score (nSPS) is 11.4. The van der Waals surface area contributed by atoms with E-state index in [1.54, 1.807) is 24.3 Å². The van der Waals surface area contributed by atoms with Gasteiger partial charge in [-0.15, -0.1) is 0 Å². The van der Waals surface area contributed by atoms with E-state index in [1.807, 2.05) is 6.92 Å². The topological polar surface area (TPSA) is 74.8 Å². The third-order valence-corrected chi connectivity index (χ3v) is 3.95. The summed E-state index contributed by atoms with van der Waals surface area (Å²) in [6.45, 7) is 1.89. The molecule has 0 unspecified atom stereocenters. The van der Waals surface area contributed by atoms with Crippen LogP contribution in [0.4, 0.5) is 5.69 Å². The molecule has 0 aliphatic rings. The van der Waals surface area contributed by atoms with Crippen molar-refractivity contribution in [2.24, 2.45) is 0 Å². The Labute approximate surface area is 110 Å². The highest BCUT2D eigenvalue weighted by atomic mass is 35.5. The second-order valence-corrected chi connectivity index (χ2v) is 5.69. The van der Waals surface area contributed by atoms with Gasteiger partial charge in [-0.1, -0.05) is 30.7 Å². The van der Waals surface area contributed by atoms with E-state index in [2.05, 4.69) is 14.7 Å². The SMILES string of the molecule is CCc1ncc(S(=O)(=O)Nc2ccccc2Cl)[nH]1. The average Bonchev–Trinajstić information content (AvgIpc) is 2.81. The Balaban J connectivity index is 2.30. The predicted octanol–water partition coefficient (Wildman–Crippen LogP) is 2.43. The van der Waals surface area contributed by atoms with Gasteiger partial charge in [0.25, 0.3) is 10.0 Å². The van der Waals surface area contributed by atoms with E-state index in [9.17, 15) is 8.42 Å². The molecule has 0 fully saturated rings. The van der Waals surface area contributed by atoms with Crippen LogP contribution in [0.15, 0.2) is 35.5 Å². The molecule has 2 rings (SSSR count). The zero-order valence-corrected chi connectivity index (χ0v) is 11.2. The number of nitrogens with zero attached hydrogens (tertiary/aromatic N) is 1. The molecule has 5 nitrogen and oxygen atoms in total. The number of H-pyrrole nitrogens is 1. The van der Waals surface area contributed by atoms with Gasteiger partial charge in [0.15, 0.2) is 5.03 Å². The number of benzene rings is 1. The molecule has 7 heteroatoms. The van der Waals surface area contributed by atoms with E-state index in [4.69, 9.17) is 11.6 Å². The largest absolute Gasteiger partial charge is 0.332 e. The highest BCUT2D eigenvalue weighted by molar-refractivity contribution is 7.92. The van der Waals surface area contributed by atoms with Crippen LogP contribution in [-0.2, 0) is 16.4 Å². The van der Waals surface area contributed by atoms with Crippen LogP contribution in [0.5, 0.6) is 0 Å². The first-order valence-electron chi connectivity index (χ1n) is 5.34. The zero-order valence-electron chi connectivity index (χ0n) is 9.64. The van der Waals surface area contributed by atoms with Gasteiger partial charge in [-0.2, -0.15) is 8.42 Å². The van der Waals surface area contributed by atoms with Crippen molar-refractivity contribution in [1.29, 1.82) is 0 Å². The predicted molar refractivity (Wildman–Crippen MR) is 70.2 cm³/mol. The molecule has 96 valence electrons. The van der Waals surface area contributed by atoms with Crippen LogP contribution in [0.3, 0.4) is 0 Å². The molecule has 0 amide bonds. The summed E-state index contributed by atoms with van der Waals surface area (Å²) < 4.78 is 26.5. The fourth-order valence-corrected chi connectivity index (χ4v) is 2.66. The number of aromatic nitrogens is 2. The van der Waals surface area contributed by atoms with Crippen molar-refractivity contribution in [3.05, 3.63) is 41.3 Å². The van der Waals surface area contributed by atoms with Gasteiger partial charge in [-0.25, -0.2) is 4.98 Å². The van der Waals surface area contributed by atoms with Gasteiger partial charge in [-0.05, 0) is 12.1 Å². The summed E-state index contributed by atoms with van der Waals surface area (Å²) in [5, 5.41) is 0.371. The van der Waals surface area contributed by atoms with Gasteiger partial charge < -0.3 is 4.98 Å². The van der Waals surface area contributed by atoms with Crippen molar-refractivity contribution in [2.45, 2.75) is 18.4 Å². The summed E-state index contributed by atoms with van der Waals surface area (Å²) in [5.74, 6) is 0.620. The molecular formula is C11H12ClN3O2S. The lowest BCUT2D eigenvalue weighted by molar-refractivity contribution is 0.598. The minimum absolute atomic E-state index is 0.0271. The fourth-order valence-electron chi connectivity index (χ4n) is 1.40. The molecule has 1 heterocycles. The lowest BCUT2D eigenvalue weighted by atomic mass is 10.3. The number of aryl methyl sites for hydroxylation is 1. The Bertz CT molecular complexity index is 652. The molecule has 0 saturated carbocycles. The maximum Gasteiger partial charge on any atom is 0.279 e. The molecule has 0 spiro atoms. The van der Waals surface area contributed by atoms with Crippen LogP contribution in [0.1, 0.15) is 12.7 Å². The summed E-state index contributed by atoms with van der Waals surface area (Å²) in [5.41, 5.74) is 0.340. The summed E-state index contributed by atoms with van der Waals surface area (Å²) in [6.07, 6.45) is 1.93. The van der Waals surface area contributed by atoms with Gasteiger partial charge in [0.05, 0.1) is 16.9 Å². The minimum atomic E-state index is -3.68. The second-order valence-electron chi connectivity index (χ2n) is 3.63. The summed E-state index contributed by atoms with van der Waals surface area (Å²) in [7, 11) is -3.68. The van der Waals surface area contributed by atoms with Gasteiger partial charge in [0.2, 0.25) is 0 Å². The number of para-hydroxylation sites is 1. The van der Waals surface area contributed by atoms with Gasteiger partial charge in [-0.3, -0.25) is 4.72 Å². The van der Waals surface area contributed by atoms with Crippen LogP contribution >= 0.6 is 11.6 Å². The summed E-state index contributed by atoms with van der Waals surface area (Å²) in [4.78, 5) is 6.70. The molecule has 0 aliphatic heterocycles. The second kappa shape index (κ2) is 4.99. The lowest BCUT2D eigenvalue weighted by Crippen LogP contribution is -2.13. The molecule has 0 aliphatic carbocycles. The number of hydrogen-bond donors (Lipinski definition) is 2. The third kappa shape index (κ3) is 2.65. The standard InChI is InChI=1S/C11H12ClN3O2S/c1-2-10-13-7-11(14-10)18(16,17)15-9-6-4-3-5-8(9)12/h3-7,15H,2H2,1H3,(H,13,14). The smallest absolute Gasteiger partial charge is 0.279 e. The molecule has 1 aromatic heterocycles. The molecule has 0 radical (unpaired) electrons. The van der Waals surface area contributed by atoms with Gasteiger partial charge in [0.1, 0.15) is 5.82 Å². The number of sulfonamides is 1. The number of halogens is 1. The highest BCUT2D eigenvalue weighted by Gasteiger charge is 2.18. The molecule has 0 bridgehead atoms. The van der Waals surface area contributed by atoms with Crippen molar-refractivity contribution in [2.75, 3.05) is 4.72 Å². The van der Waals surface area contributed by atoms with Gasteiger partial charge >= 0.3 is 0 Å². The first kappa shape index (κ1) is 12.9. The van der Waals surface area contributed by atoms with Crippen molar-refractivity contribution >= 4 is 27.3 Å². The van der Waals surface area contributed by atoms with Gasteiger partial charge in [0, 0.05) is 6.42 Å². The molecule has 0 atom stereocenters. The molecule has 18 heavy (non-hydrogen) atoms. The quantitative estimate of drug-likeness (QED) is 0.906. The number of aromatic amines is 1. The summed E-state index contributed by atoms with van der Waals surface area (Å²) >= 11 is 5.90. The highest BCUT2D eigenvalue weighted by Crippen LogP contribution is 2.23. The maximum atomic E-state index is 12.0. The van der Waals surface area contributed by atoms with E-state index < -0.39 is 10.0 Å². The van der Waals surface area contributed by atoms with Crippen LogP contribution in [0.25, 0.3) is 0 Å². The number of nitrogens with one attached hydrogen (secondary N) is 2. The molecule has 0 saturated heterocycles. The Morgan fingerprint density at radius 1 is 1.39 bits per heavy atom. The number of hydrogen-bond acceptors (Lipinski definition) is 3. The minimum Gasteiger partial charge on any atom is -0.332 e. The van der Waals surface area contributed by atoms with E-state index in [-0.39, 0.29) is 5.03 Å². The van der Waals surface area contributed by atoms with Crippen molar-refractivity contribution in [1.82, 2.24) is 9.97 Å². The van der Waals surface area contributed by atoms with Crippen molar-refractivity contribution in [3.63, 3.8) is 0 Å². The summed E-state index contributed by atoms with van der Waals surface area (Å²) in [6, 6.07) is 6.64. The first-order chi connectivity index (χ1) is 8.53. The van der Waals surface area contributed by atoms with Crippen LogP contribution in [0, 0.1) is 0 Å². The lowest BCUT2D eigenvalue weighted by Gasteiger charge is -2.07. The van der Waals surface area contributed by atoms with E-state index in [1.165, 1.54) is 6.20 Å². The monoisotopic (exact) mass is 285 g/mol.